The summed E-state index contributed by atoms with van der Waals surface area (Å²) in [6.45, 7) is 7.60. The van der Waals surface area contributed by atoms with E-state index in [0.717, 1.165) is 0 Å². The Morgan fingerprint density at radius 2 is 0.981 bits per heavy atom. The van der Waals surface area contributed by atoms with E-state index >= 15 is 0 Å². The lowest BCUT2D eigenvalue weighted by Gasteiger charge is -2.26. The Hall–Kier alpha value is -5.25. The number of hydrogen-bond donors (Lipinski definition) is 13. The molecular formula is C32H62N14O8. The average Bonchev–Trinajstić information content (AvgIpc) is 3.06. The highest BCUT2D eigenvalue weighted by Gasteiger charge is 2.31. The van der Waals surface area contributed by atoms with Crippen LogP contribution in [0.25, 0.3) is 0 Å². The van der Waals surface area contributed by atoms with Gasteiger partial charge in [-0.2, -0.15) is 0 Å². The minimum absolute atomic E-state index is 0.000943. The fraction of sp³-hybridized carbons (Fsp3) is 0.719. The van der Waals surface area contributed by atoms with Crippen molar-refractivity contribution in [2.75, 3.05) is 26.2 Å². The molecule has 0 fully saturated rings. The first-order valence-corrected chi connectivity index (χ1v) is 17.7. The fourth-order valence-corrected chi connectivity index (χ4v) is 4.85. The summed E-state index contributed by atoms with van der Waals surface area (Å²) in [6.07, 6.45) is 1.10. The third-order valence-corrected chi connectivity index (χ3v) is 7.56. The van der Waals surface area contributed by atoms with Gasteiger partial charge in [0, 0.05) is 13.1 Å². The average molecular weight is 771 g/mol. The minimum atomic E-state index is -1.53. The predicted molar refractivity (Wildman–Crippen MR) is 201 cm³/mol. The zero-order chi connectivity index (χ0) is 41.5. The number of carbonyl (C=O) groups is 7. The van der Waals surface area contributed by atoms with Gasteiger partial charge in [-0.15, -0.1) is 0 Å². The van der Waals surface area contributed by atoms with Gasteiger partial charge in [-0.05, 0) is 57.3 Å². The van der Waals surface area contributed by atoms with E-state index in [1.807, 2.05) is 13.8 Å². The molecule has 0 saturated carbocycles. The van der Waals surface area contributed by atoms with Gasteiger partial charge in [0.15, 0.2) is 11.9 Å². The van der Waals surface area contributed by atoms with Crippen LogP contribution in [0.3, 0.4) is 0 Å². The molecule has 0 aromatic carbocycles. The molecule has 7 amide bonds. The van der Waals surface area contributed by atoms with Gasteiger partial charge in [0.25, 0.3) is 0 Å². The summed E-state index contributed by atoms with van der Waals surface area (Å²) in [5, 5.41) is 24.7. The van der Waals surface area contributed by atoms with Crippen LogP contribution in [0.1, 0.15) is 73.1 Å². The molecule has 0 aromatic heterocycles. The van der Waals surface area contributed by atoms with Crippen LogP contribution in [0.2, 0.25) is 0 Å². The molecule has 6 atom stereocenters. The predicted octanol–water partition coefficient (Wildman–Crippen LogP) is -5.45. The first kappa shape index (κ1) is 48.8. The summed E-state index contributed by atoms with van der Waals surface area (Å²) in [6, 6.07) is -7.24. The monoisotopic (exact) mass is 770 g/mol. The first-order chi connectivity index (χ1) is 25.2. The molecule has 0 saturated heterocycles. The highest BCUT2D eigenvalue weighted by Crippen LogP contribution is 2.08. The molecule has 308 valence electrons. The SMILES string of the molecule is CC(C)C[C@H](NC(=O)[C@H](CO)NC(=O)[C@H](C)NC(=O)[C@H](CCCN=C(N)N)NC(=O)[C@H](CCCN=C(N)N)NC(=O)[C@@H](N)CC(C)C)C(=O)NCC(N)=O. The molecule has 0 rings (SSSR count). The minimum Gasteiger partial charge on any atom is -0.394 e. The Balaban J connectivity index is 5.96. The van der Waals surface area contributed by atoms with Crippen molar-refractivity contribution in [3.05, 3.63) is 0 Å². The summed E-state index contributed by atoms with van der Waals surface area (Å²) < 4.78 is 0. The molecule has 22 heteroatoms. The molecule has 0 aromatic rings. The van der Waals surface area contributed by atoms with E-state index in [1.165, 1.54) is 6.92 Å². The number of nitrogens with one attached hydrogen (secondary N) is 6. The number of carbonyl (C=O) groups excluding carboxylic acids is 7. The number of nitrogens with zero attached hydrogens (tertiary/aromatic N) is 2. The van der Waals surface area contributed by atoms with E-state index in [-0.39, 0.29) is 68.9 Å². The van der Waals surface area contributed by atoms with E-state index in [0.29, 0.717) is 6.42 Å². The lowest BCUT2D eigenvalue weighted by molar-refractivity contribution is -0.135. The summed E-state index contributed by atoms with van der Waals surface area (Å²) >= 11 is 0. The van der Waals surface area contributed by atoms with E-state index < -0.39 is 90.8 Å². The van der Waals surface area contributed by atoms with Gasteiger partial charge in [-0.3, -0.25) is 43.5 Å². The van der Waals surface area contributed by atoms with Gasteiger partial charge in [-0.1, -0.05) is 27.7 Å². The Labute approximate surface area is 315 Å². The molecule has 0 spiro atoms. The van der Waals surface area contributed by atoms with Crippen LogP contribution < -0.4 is 66.3 Å². The Bertz CT molecular complexity index is 1320. The van der Waals surface area contributed by atoms with Gasteiger partial charge in [0.1, 0.15) is 30.2 Å². The van der Waals surface area contributed by atoms with E-state index in [2.05, 4.69) is 41.9 Å². The molecule has 22 nitrogen and oxygen atoms in total. The number of aliphatic imine (C=N–C) groups is 2. The summed E-state index contributed by atoms with van der Waals surface area (Å²) in [4.78, 5) is 97.5. The Morgan fingerprint density at radius 3 is 1.43 bits per heavy atom. The van der Waals surface area contributed by atoms with Crippen LogP contribution in [-0.4, -0.2) is 121 Å². The number of primary amides is 1. The van der Waals surface area contributed by atoms with Crippen LogP contribution in [-0.2, 0) is 33.6 Å². The smallest absolute Gasteiger partial charge is 0.245 e. The molecule has 0 aliphatic rings. The second kappa shape index (κ2) is 25.7. The van der Waals surface area contributed by atoms with Crippen LogP contribution in [0.4, 0.5) is 0 Å². The molecule has 0 unspecified atom stereocenters. The quantitative estimate of drug-likeness (QED) is 0.0222. The number of nitrogens with two attached hydrogens (primary N) is 6. The van der Waals surface area contributed by atoms with Crippen LogP contribution in [0, 0.1) is 11.8 Å². The number of guanidine groups is 2. The van der Waals surface area contributed by atoms with Crippen LogP contribution in [0.5, 0.6) is 0 Å². The third-order valence-electron chi connectivity index (χ3n) is 7.56. The normalized spacial score (nSPS) is 14.2. The van der Waals surface area contributed by atoms with Gasteiger partial charge >= 0.3 is 0 Å². The largest absolute Gasteiger partial charge is 0.394 e. The second-order valence-electron chi connectivity index (χ2n) is 13.6. The first-order valence-electron chi connectivity index (χ1n) is 17.7. The summed E-state index contributed by atoms with van der Waals surface area (Å²) in [7, 11) is 0. The van der Waals surface area contributed by atoms with E-state index in [9.17, 15) is 38.7 Å². The fourth-order valence-electron chi connectivity index (χ4n) is 4.85. The molecule has 0 aliphatic heterocycles. The zero-order valence-corrected chi connectivity index (χ0v) is 31.9. The van der Waals surface area contributed by atoms with Gasteiger partial charge in [-0.25, -0.2) is 0 Å². The van der Waals surface area contributed by atoms with E-state index in [1.54, 1.807) is 13.8 Å². The molecule has 0 heterocycles. The molecular weight excluding hydrogens is 708 g/mol. The Morgan fingerprint density at radius 1 is 0.556 bits per heavy atom. The lowest BCUT2D eigenvalue weighted by Crippen LogP contribution is -2.59. The van der Waals surface area contributed by atoms with Crippen LogP contribution in [0.15, 0.2) is 9.98 Å². The number of aliphatic hydroxyl groups excluding tert-OH is 1. The third kappa shape index (κ3) is 21.3. The van der Waals surface area contributed by atoms with Crippen molar-refractivity contribution < 1.29 is 38.7 Å². The molecule has 54 heavy (non-hydrogen) atoms. The van der Waals surface area contributed by atoms with Gasteiger partial charge in [0.05, 0.1) is 19.2 Å². The van der Waals surface area contributed by atoms with Crippen LogP contribution >= 0.6 is 0 Å². The maximum atomic E-state index is 13.6. The van der Waals surface area contributed by atoms with Crippen molar-refractivity contribution in [1.29, 1.82) is 0 Å². The molecule has 19 N–H and O–H groups in total. The highest BCUT2D eigenvalue weighted by molar-refractivity contribution is 5.96. The lowest BCUT2D eigenvalue weighted by atomic mass is 10.0. The van der Waals surface area contributed by atoms with Crippen molar-refractivity contribution in [2.24, 2.45) is 56.2 Å². The maximum Gasteiger partial charge on any atom is 0.245 e. The number of rotatable bonds is 26. The summed E-state index contributed by atoms with van der Waals surface area (Å²) in [5.41, 5.74) is 32.7. The number of aliphatic hydroxyl groups is 1. The van der Waals surface area contributed by atoms with Crippen molar-refractivity contribution >= 4 is 53.3 Å². The summed E-state index contributed by atoms with van der Waals surface area (Å²) in [5.74, 6) is -5.69. The Kier molecular flexibility index (Phi) is 23.2. The highest BCUT2D eigenvalue weighted by atomic mass is 16.3. The van der Waals surface area contributed by atoms with Crippen molar-refractivity contribution in [3.63, 3.8) is 0 Å². The standard InChI is InChI=1S/C32H62N14O8/c1-16(2)12-19(33)26(50)43-21(9-7-11-40-32(37)38)29(53)44-20(8-6-10-39-31(35)36)28(52)42-18(5)25(49)46-23(15-47)30(54)45-22(13-17(3)4)27(51)41-14-24(34)48/h16-23,47H,6-15,33H2,1-5H3,(H2,34,48)(H,41,51)(H,42,52)(H,43,50)(H,44,53)(H,45,54)(H,46,49)(H4,35,36,39)(H4,37,38,40)/t18-,19-,20-,21-,22-,23-/m0/s1. The van der Waals surface area contributed by atoms with Crippen molar-refractivity contribution in [3.8, 4) is 0 Å². The maximum absolute atomic E-state index is 13.6. The number of hydrogen-bond acceptors (Lipinski definition) is 11. The molecule has 0 radical (unpaired) electrons. The molecule has 0 aliphatic carbocycles. The zero-order valence-electron chi connectivity index (χ0n) is 31.9. The molecule has 0 bridgehead atoms. The number of amides is 7. The van der Waals surface area contributed by atoms with Gasteiger partial charge in [0.2, 0.25) is 41.4 Å². The van der Waals surface area contributed by atoms with Gasteiger partial charge < -0.3 is 71.4 Å². The second-order valence-corrected chi connectivity index (χ2v) is 13.6. The van der Waals surface area contributed by atoms with Crippen molar-refractivity contribution in [1.82, 2.24) is 31.9 Å². The van der Waals surface area contributed by atoms with Crippen molar-refractivity contribution in [2.45, 2.75) is 109 Å². The topological polar surface area (TPSA) is 393 Å². The van der Waals surface area contributed by atoms with E-state index in [4.69, 9.17) is 34.4 Å².